The third-order valence-corrected chi connectivity index (χ3v) is 2.96. The van der Waals surface area contributed by atoms with Crippen molar-refractivity contribution in [3.05, 3.63) is 23.3 Å². The fourth-order valence-electron chi connectivity index (χ4n) is 2.27. The predicted octanol–water partition coefficient (Wildman–Crippen LogP) is 2.34. The summed E-state index contributed by atoms with van der Waals surface area (Å²) in [4.78, 5) is 0. The lowest BCUT2D eigenvalue weighted by Crippen LogP contribution is -2.15. The molecule has 2 aliphatic rings. The van der Waals surface area contributed by atoms with Crippen molar-refractivity contribution >= 4 is 0 Å². The summed E-state index contributed by atoms with van der Waals surface area (Å²) in [7, 11) is 0. The molecule has 2 heterocycles. The van der Waals surface area contributed by atoms with Crippen LogP contribution in [0.25, 0.3) is 0 Å². The maximum Gasteiger partial charge on any atom is 0.129 e. The van der Waals surface area contributed by atoms with Crippen LogP contribution in [0.3, 0.4) is 0 Å². The van der Waals surface area contributed by atoms with Crippen LogP contribution in [0.4, 0.5) is 0 Å². The zero-order valence-electron chi connectivity index (χ0n) is 8.21. The highest BCUT2D eigenvalue weighted by molar-refractivity contribution is 5.51. The maximum absolute atomic E-state index is 5.74. The van der Waals surface area contributed by atoms with Crippen LogP contribution in [-0.2, 0) is 12.8 Å². The molecule has 2 aliphatic heterocycles. The fourth-order valence-corrected chi connectivity index (χ4v) is 2.27. The average Bonchev–Trinajstić information content (AvgIpc) is 2.29. The number of fused-ring (bicyclic) bond motifs is 3. The van der Waals surface area contributed by atoms with Gasteiger partial charge in [0.05, 0.1) is 13.2 Å². The number of ether oxygens (including phenoxy) is 2. The molecular weight excluding hydrogens is 176 g/mol. The standard InChI is InChI=1S/C12H14O2/c1-3-9-5-6-11-10(4-2-7-13-11)12(9)14-8-1/h5-6H,1-4,7-8H2. The smallest absolute Gasteiger partial charge is 0.129 e. The van der Waals surface area contributed by atoms with Gasteiger partial charge in [-0.25, -0.2) is 0 Å². The van der Waals surface area contributed by atoms with Crippen molar-refractivity contribution in [3.8, 4) is 11.5 Å². The molecule has 0 saturated carbocycles. The largest absolute Gasteiger partial charge is 0.493 e. The van der Waals surface area contributed by atoms with E-state index in [0.717, 1.165) is 50.4 Å². The molecule has 2 nitrogen and oxygen atoms in total. The fraction of sp³-hybridized carbons (Fsp3) is 0.500. The third-order valence-electron chi connectivity index (χ3n) is 2.96. The Morgan fingerprint density at radius 3 is 2.79 bits per heavy atom. The van der Waals surface area contributed by atoms with E-state index in [2.05, 4.69) is 12.1 Å². The Morgan fingerprint density at radius 1 is 0.929 bits per heavy atom. The molecule has 0 bridgehead atoms. The van der Waals surface area contributed by atoms with Crippen molar-refractivity contribution in [2.24, 2.45) is 0 Å². The molecular formula is C12H14O2. The molecule has 1 aromatic rings. The number of hydrogen-bond acceptors (Lipinski definition) is 2. The number of hydrogen-bond donors (Lipinski definition) is 0. The minimum Gasteiger partial charge on any atom is -0.493 e. The molecule has 0 unspecified atom stereocenters. The van der Waals surface area contributed by atoms with Crippen molar-refractivity contribution in [2.75, 3.05) is 13.2 Å². The summed E-state index contributed by atoms with van der Waals surface area (Å²) in [6, 6.07) is 4.25. The molecule has 2 heteroatoms. The summed E-state index contributed by atoms with van der Waals surface area (Å²) < 4.78 is 11.4. The Labute approximate surface area is 83.8 Å². The first-order valence-corrected chi connectivity index (χ1v) is 5.35. The Kier molecular flexibility index (Phi) is 1.86. The molecule has 0 saturated heterocycles. The van der Waals surface area contributed by atoms with Crippen molar-refractivity contribution in [1.29, 1.82) is 0 Å². The first-order valence-electron chi connectivity index (χ1n) is 5.35. The Bertz CT molecular complexity index is 323. The number of benzene rings is 1. The molecule has 0 fully saturated rings. The lowest BCUT2D eigenvalue weighted by atomic mass is 9.97. The van der Waals surface area contributed by atoms with Gasteiger partial charge in [0, 0.05) is 5.56 Å². The third kappa shape index (κ3) is 1.17. The monoisotopic (exact) mass is 190 g/mol. The van der Waals surface area contributed by atoms with E-state index in [1.54, 1.807) is 0 Å². The van der Waals surface area contributed by atoms with Gasteiger partial charge in [-0.3, -0.25) is 0 Å². The van der Waals surface area contributed by atoms with Gasteiger partial charge in [0.15, 0.2) is 0 Å². The van der Waals surface area contributed by atoms with E-state index in [4.69, 9.17) is 9.47 Å². The summed E-state index contributed by atoms with van der Waals surface area (Å²) in [5.74, 6) is 2.16. The average molecular weight is 190 g/mol. The summed E-state index contributed by atoms with van der Waals surface area (Å²) in [6.07, 6.45) is 4.53. The molecule has 0 radical (unpaired) electrons. The Morgan fingerprint density at radius 2 is 1.79 bits per heavy atom. The first kappa shape index (κ1) is 8.16. The molecule has 1 aromatic carbocycles. The van der Waals surface area contributed by atoms with Gasteiger partial charge in [0.1, 0.15) is 11.5 Å². The van der Waals surface area contributed by atoms with E-state index in [9.17, 15) is 0 Å². The van der Waals surface area contributed by atoms with Crippen LogP contribution in [0.15, 0.2) is 12.1 Å². The molecule has 0 aromatic heterocycles. The molecule has 0 aliphatic carbocycles. The van der Waals surface area contributed by atoms with E-state index in [1.807, 2.05) is 0 Å². The molecule has 0 N–H and O–H groups in total. The van der Waals surface area contributed by atoms with Crippen molar-refractivity contribution in [3.63, 3.8) is 0 Å². The van der Waals surface area contributed by atoms with Gasteiger partial charge in [0.2, 0.25) is 0 Å². The van der Waals surface area contributed by atoms with E-state index in [-0.39, 0.29) is 0 Å². The summed E-state index contributed by atoms with van der Waals surface area (Å²) in [5, 5.41) is 0. The Balaban J connectivity index is 2.12. The topological polar surface area (TPSA) is 18.5 Å². The summed E-state index contributed by atoms with van der Waals surface area (Å²) in [6.45, 7) is 1.72. The SMILES string of the molecule is c1cc2c(c3c1CCCO3)CCCO2. The van der Waals surface area contributed by atoms with Crippen LogP contribution < -0.4 is 9.47 Å². The number of rotatable bonds is 0. The predicted molar refractivity (Wildman–Crippen MR) is 54.1 cm³/mol. The van der Waals surface area contributed by atoms with Gasteiger partial charge < -0.3 is 9.47 Å². The van der Waals surface area contributed by atoms with E-state index in [0.29, 0.717) is 0 Å². The van der Waals surface area contributed by atoms with Crippen LogP contribution in [-0.4, -0.2) is 13.2 Å². The molecule has 0 amide bonds. The summed E-state index contributed by atoms with van der Waals surface area (Å²) >= 11 is 0. The van der Waals surface area contributed by atoms with Crippen LogP contribution in [0.5, 0.6) is 11.5 Å². The van der Waals surface area contributed by atoms with Crippen molar-refractivity contribution in [1.82, 2.24) is 0 Å². The second-order valence-electron chi connectivity index (χ2n) is 3.93. The molecule has 0 spiro atoms. The van der Waals surface area contributed by atoms with E-state index in [1.165, 1.54) is 11.1 Å². The molecule has 0 atom stereocenters. The second kappa shape index (κ2) is 3.19. The highest BCUT2D eigenvalue weighted by atomic mass is 16.5. The normalized spacial score (nSPS) is 18.9. The van der Waals surface area contributed by atoms with Crippen molar-refractivity contribution in [2.45, 2.75) is 25.7 Å². The minimum atomic E-state index is 0.853. The second-order valence-corrected chi connectivity index (χ2v) is 3.93. The molecule has 14 heavy (non-hydrogen) atoms. The zero-order chi connectivity index (χ0) is 9.38. The lowest BCUT2D eigenvalue weighted by molar-refractivity contribution is 0.259. The quantitative estimate of drug-likeness (QED) is 0.625. The summed E-state index contributed by atoms with van der Waals surface area (Å²) in [5.41, 5.74) is 2.66. The van der Waals surface area contributed by atoms with Gasteiger partial charge >= 0.3 is 0 Å². The maximum atomic E-state index is 5.74. The van der Waals surface area contributed by atoms with Crippen LogP contribution in [0.2, 0.25) is 0 Å². The van der Waals surface area contributed by atoms with Crippen LogP contribution in [0.1, 0.15) is 24.0 Å². The van der Waals surface area contributed by atoms with Crippen LogP contribution >= 0.6 is 0 Å². The van der Waals surface area contributed by atoms with E-state index >= 15 is 0 Å². The van der Waals surface area contributed by atoms with Gasteiger partial charge in [0.25, 0.3) is 0 Å². The Hall–Kier alpha value is -1.18. The molecule has 3 rings (SSSR count). The molecule has 74 valence electrons. The zero-order valence-corrected chi connectivity index (χ0v) is 8.21. The highest BCUT2D eigenvalue weighted by Crippen LogP contribution is 2.38. The van der Waals surface area contributed by atoms with Crippen molar-refractivity contribution < 1.29 is 9.47 Å². The highest BCUT2D eigenvalue weighted by Gasteiger charge is 2.20. The van der Waals surface area contributed by atoms with E-state index < -0.39 is 0 Å². The van der Waals surface area contributed by atoms with Crippen LogP contribution in [0, 0.1) is 0 Å². The minimum absolute atomic E-state index is 0.853. The van der Waals surface area contributed by atoms with Gasteiger partial charge in [-0.15, -0.1) is 0 Å². The first-order chi connectivity index (χ1) is 6.95. The van der Waals surface area contributed by atoms with Gasteiger partial charge in [-0.1, -0.05) is 6.07 Å². The van der Waals surface area contributed by atoms with Gasteiger partial charge in [-0.2, -0.15) is 0 Å². The lowest BCUT2D eigenvalue weighted by Gasteiger charge is -2.25. The van der Waals surface area contributed by atoms with Gasteiger partial charge in [-0.05, 0) is 37.3 Å². The number of aryl methyl sites for hydroxylation is 1.